The van der Waals surface area contributed by atoms with E-state index in [-0.39, 0.29) is 11.5 Å². The van der Waals surface area contributed by atoms with Gasteiger partial charge in [-0.25, -0.2) is 0 Å². The smallest absolute Gasteiger partial charge is 0.286 e. The zero-order valence-corrected chi connectivity index (χ0v) is 13.3. The van der Waals surface area contributed by atoms with E-state index in [9.17, 15) is 9.59 Å². The molecule has 0 saturated carbocycles. The number of carbonyl (C=O) groups excluding carboxylic acids is 1. The summed E-state index contributed by atoms with van der Waals surface area (Å²) in [6.45, 7) is 1.47. The molecule has 6 nitrogen and oxygen atoms in total. The Morgan fingerprint density at radius 2 is 2.21 bits per heavy atom. The van der Waals surface area contributed by atoms with E-state index in [4.69, 9.17) is 4.42 Å². The number of nitrogens with zero attached hydrogens (tertiary/aromatic N) is 1. The van der Waals surface area contributed by atoms with Crippen molar-refractivity contribution in [3.63, 3.8) is 0 Å². The van der Waals surface area contributed by atoms with E-state index >= 15 is 0 Å². The molecular formula is C18H19N3O3. The number of carbonyl (C=O) groups is 1. The van der Waals surface area contributed by atoms with Gasteiger partial charge in [-0.15, -0.1) is 0 Å². The van der Waals surface area contributed by atoms with Crippen molar-refractivity contribution < 1.29 is 9.21 Å². The zero-order chi connectivity index (χ0) is 16.5. The Balaban J connectivity index is 1.59. The van der Waals surface area contributed by atoms with Gasteiger partial charge in [0, 0.05) is 30.2 Å². The molecule has 1 amide bonds. The lowest BCUT2D eigenvalue weighted by molar-refractivity contribution is 0.0926. The van der Waals surface area contributed by atoms with Gasteiger partial charge >= 0.3 is 0 Å². The molecule has 1 aliphatic rings. The number of H-pyrrole nitrogens is 1. The Bertz CT molecular complexity index is 934. The van der Waals surface area contributed by atoms with E-state index in [1.54, 1.807) is 18.2 Å². The number of hydrogen-bond donors (Lipinski definition) is 2. The minimum Gasteiger partial charge on any atom is -0.459 e. The van der Waals surface area contributed by atoms with Crippen LogP contribution in [-0.4, -0.2) is 22.0 Å². The van der Waals surface area contributed by atoms with Gasteiger partial charge in [-0.1, -0.05) is 0 Å². The Hall–Kier alpha value is -2.76. The second-order valence-electron chi connectivity index (χ2n) is 6.10. The SMILES string of the molecule is O=C(NCCc1c2n(c3[nH]c(=O)ccc13)CCCC2)c1ccco1. The number of aromatic nitrogens is 2. The average molecular weight is 325 g/mol. The van der Waals surface area contributed by atoms with Crippen LogP contribution in [0.3, 0.4) is 0 Å². The Morgan fingerprint density at radius 1 is 1.29 bits per heavy atom. The highest BCUT2D eigenvalue weighted by Crippen LogP contribution is 2.29. The minimum absolute atomic E-state index is 0.0777. The van der Waals surface area contributed by atoms with Crippen LogP contribution in [0.2, 0.25) is 0 Å². The molecule has 0 saturated heterocycles. The number of furan rings is 1. The molecule has 0 spiro atoms. The van der Waals surface area contributed by atoms with E-state index in [0.717, 1.165) is 43.3 Å². The molecule has 0 aliphatic carbocycles. The van der Waals surface area contributed by atoms with Crippen molar-refractivity contribution in [2.45, 2.75) is 32.2 Å². The molecule has 4 heterocycles. The standard InChI is InChI=1S/C18H19N3O3/c22-16-7-6-13-12(8-9-19-18(23)15-5-3-11-24-15)14-4-1-2-10-21(14)17(13)20-16/h3,5-7,11H,1-2,4,8-10H2,(H,19,23)(H,20,22). The summed E-state index contributed by atoms with van der Waals surface area (Å²) < 4.78 is 7.33. The summed E-state index contributed by atoms with van der Waals surface area (Å²) >= 11 is 0. The normalized spacial score (nSPS) is 13.8. The Morgan fingerprint density at radius 3 is 3.04 bits per heavy atom. The molecule has 24 heavy (non-hydrogen) atoms. The van der Waals surface area contributed by atoms with Crippen LogP contribution in [0.25, 0.3) is 11.0 Å². The van der Waals surface area contributed by atoms with Crippen LogP contribution >= 0.6 is 0 Å². The third-order valence-corrected chi connectivity index (χ3v) is 4.62. The number of fused-ring (bicyclic) bond motifs is 3. The molecule has 2 N–H and O–H groups in total. The van der Waals surface area contributed by atoms with Gasteiger partial charge in [0.15, 0.2) is 5.76 Å². The largest absolute Gasteiger partial charge is 0.459 e. The molecule has 124 valence electrons. The number of aryl methyl sites for hydroxylation is 1. The van der Waals surface area contributed by atoms with Crippen LogP contribution in [0, 0.1) is 0 Å². The highest BCUT2D eigenvalue weighted by molar-refractivity contribution is 5.91. The van der Waals surface area contributed by atoms with Crippen LogP contribution in [0.15, 0.2) is 39.7 Å². The molecule has 4 rings (SSSR count). The summed E-state index contributed by atoms with van der Waals surface area (Å²) in [5.74, 6) is 0.119. The second kappa shape index (κ2) is 6.03. The molecule has 0 bridgehead atoms. The van der Waals surface area contributed by atoms with Crippen molar-refractivity contribution >= 4 is 16.9 Å². The van der Waals surface area contributed by atoms with Crippen molar-refractivity contribution in [3.05, 3.63) is 57.9 Å². The van der Waals surface area contributed by atoms with Crippen molar-refractivity contribution in [1.29, 1.82) is 0 Å². The number of aromatic amines is 1. The van der Waals surface area contributed by atoms with Crippen LogP contribution in [0.4, 0.5) is 0 Å². The maximum Gasteiger partial charge on any atom is 0.286 e. The van der Waals surface area contributed by atoms with Gasteiger partial charge in [0.05, 0.1) is 6.26 Å². The fourth-order valence-electron chi connectivity index (χ4n) is 3.54. The molecule has 0 atom stereocenters. The topological polar surface area (TPSA) is 80.0 Å². The Labute approximate surface area is 138 Å². The van der Waals surface area contributed by atoms with Crippen molar-refractivity contribution in [2.24, 2.45) is 0 Å². The number of amides is 1. The van der Waals surface area contributed by atoms with E-state index < -0.39 is 0 Å². The number of nitrogens with one attached hydrogen (secondary N) is 2. The molecule has 0 aromatic carbocycles. The highest BCUT2D eigenvalue weighted by Gasteiger charge is 2.20. The third-order valence-electron chi connectivity index (χ3n) is 4.62. The zero-order valence-electron chi connectivity index (χ0n) is 13.3. The fraction of sp³-hybridized carbons (Fsp3) is 0.333. The van der Waals surface area contributed by atoms with Gasteiger partial charge in [-0.05, 0) is 49.4 Å². The monoisotopic (exact) mass is 325 g/mol. The maximum atomic E-state index is 12.0. The molecule has 3 aromatic rings. The quantitative estimate of drug-likeness (QED) is 0.772. The van der Waals surface area contributed by atoms with Crippen molar-refractivity contribution in [2.75, 3.05) is 6.54 Å². The van der Waals surface area contributed by atoms with E-state index in [0.29, 0.717) is 12.3 Å². The average Bonchev–Trinajstić information content (AvgIpc) is 3.22. The fourth-order valence-corrected chi connectivity index (χ4v) is 3.54. The Kier molecular flexibility index (Phi) is 3.72. The number of rotatable bonds is 4. The molecule has 0 radical (unpaired) electrons. The van der Waals surface area contributed by atoms with E-state index in [2.05, 4.69) is 14.9 Å². The predicted molar refractivity (Wildman–Crippen MR) is 90.2 cm³/mol. The van der Waals surface area contributed by atoms with Gasteiger partial charge in [-0.2, -0.15) is 0 Å². The summed E-state index contributed by atoms with van der Waals surface area (Å²) in [4.78, 5) is 26.6. The highest BCUT2D eigenvalue weighted by atomic mass is 16.3. The van der Waals surface area contributed by atoms with Gasteiger partial charge in [0.2, 0.25) is 5.56 Å². The lowest BCUT2D eigenvalue weighted by atomic mass is 10.0. The van der Waals surface area contributed by atoms with Crippen molar-refractivity contribution in [1.82, 2.24) is 14.9 Å². The van der Waals surface area contributed by atoms with Gasteiger partial charge in [0.1, 0.15) is 5.65 Å². The summed E-state index contributed by atoms with van der Waals surface area (Å²) in [5, 5.41) is 3.97. The first kappa shape index (κ1) is 14.8. The van der Waals surface area contributed by atoms with Crippen LogP contribution < -0.4 is 10.9 Å². The molecule has 0 unspecified atom stereocenters. The first-order valence-corrected chi connectivity index (χ1v) is 8.29. The third kappa shape index (κ3) is 2.54. The maximum absolute atomic E-state index is 12.0. The summed E-state index contributed by atoms with van der Waals surface area (Å²) in [6.07, 6.45) is 5.52. The van der Waals surface area contributed by atoms with Gasteiger partial charge in [0.25, 0.3) is 5.91 Å². The molecule has 1 aliphatic heterocycles. The minimum atomic E-state index is -0.203. The summed E-state index contributed by atoms with van der Waals surface area (Å²) in [5.41, 5.74) is 3.33. The molecule has 6 heteroatoms. The summed E-state index contributed by atoms with van der Waals surface area (Å²) in [6, 6.07) is 6.81. The van der Waals surface area contributed by atoms with Crippen LogP contribution in [-0.2, 0) is 19.4 Å². The first-order valence-electron chi connectivity index (χ1n) is 8.29. The van der Waals surface area contributed by atoms with Crippen LogP contribution in [0.1, 0.15) is 34.7 Å². The lowest BCUT2D eigenvalue weighted by Gasteiger charge is -2.17. The van der Waals surface area contributed by atoms with E-state index in [1.165, 1.54) is 17.5 Å². The lowest BCUT2D eigenvalue weighted by Crippen LogP contribution is -2.25. The van der Waals surface area contributed by atoms with Gasteiger partial charge in [-0.3, -0.25) is 9.59 Å². The molecular weight excluding hydrogens is 306 g/mol. The molecule has 0 fully saturated rings. The second-order valence-corrected chi connectivity index (χ2v) is 6.10. The van der Waals surface area contributed by atoms with Crippen molar-refractivity contribution in [3.8, 4) is 0 Å². The summed E-state index contributed by atoms with van der Waals surface area (Å²) in [7, 11) is 0. The predicted octanol–water partition coefficient (Wildman–Crippen LogP) is 2.23. The first-order chi connectivity index (χ1) is 11.7. The number of hydrogen-bond acceptors (Lipinski definition) is 3. The van der Waals surface area contributed by atoms with Gasteiger partial charge < -0.3 is 19.3 Å². The number of pyridine rings is 1. The van der Waals surface area contributed by atoms with Crippen LogP contribution in [0.5, 0.6) is 0 Å². The molecule has 3 aromatic heterocycles. The van der Waals surface area contributed by atoms with E-state index in [1.807, 2.05) is 6.07 Å².